The van der Waals surface area contributed by atoms with E-state index < -0.39 is 0 Å². The van der Waals surface area contributed by atoms with Gasteiger partial charge in [-0.3, -0.25) is 9.78 Å². The lowest BCUT2D eigenvalue weighted by Gasteiger charge is -2.28. The number of aromatic nitrogens is 1. The van der Waals surface area contributed by atoms with Crippen LogP contribution in [0.3, 0.4) is 0 Å². The molecular formula is C22H27N3O2. The van der Waals surface area contributed by atoms with Gasteiger partial charge in [-0.25, -0.2) is 0 Å². The van der Waals surface area contributed by atoms with E-state index in [1.165, 1.54) is 25.9 Å². The highest BCUT2D eigenvalue weighted by molar-refractivity contribution is 5.94. The molecule has 0 radical (unpaired) electrons. The number of nitrogens with zero attached hydrogens (tertiary/aromatic N) is 3. The maximum absolute atomic E-state index is 13.0. The van der Waals surface area contributed by atoms with Gasteiger partial charge in [0.15, 0.2) is 0 Å². The van der Waals surface area contributed by atoms with Gasteiger partial charge in [0.25, 0.3) is 5.91 Å². The van der Waals surface area contributed by atoms with Gasteiger partial charge >= 0.3 is 0 Å². The maximum atomic E-state index is 13.0. The Balaban J connectivity index is 1.35. The van der Waals surface area contributed by atoms with Crippen molar-refractivity contribution in [3.63, 3.8) is 0 Å². The molecule has 2 aliphatic heterocycles. The SMILES string of the molecule is O=C(c1ccc(OCc2ccccn2)cc1)N1CCC[C@@H]1CN1CCCC1. The van der Waals surface area contributed by atoms with Crippen molar-refractivity contribution in [2.45, 2.75) is 38.3 Å². The van der Waals surface area contributed by atoms with E-state index in [0.717, 1.165) is 42.9 Å². The molecule has 1 amide bonds. The minimum atomic E-state index is 0.146. The van der Waals surface area contributed by atoms with Gasteiger partial charge in [-0.2, -0.15) is 0 Å². The Morgan fingerprint density at radius 2 is 1.85 bits per heavy atom. The molecule has 0 bridgehead atoms. The number of carbonyl (C=O) groups is 1. The Hall–Kier alpha value is -2.40. The van der Waals surface area contributed by atoms with Crippen molar-refractivity contribution in [2.75, 3.05) is 26.2 Å². The first-order valence-corrected chi connectivity index (χ1v) is 9.96. The molecule has 2 saturated heterocycles. The Morgan fingerprint density at radius 3 is 2.59 bits per heavy atom. The predicted molar refractivity (Wildman–Crippen MR) is 105 cm³/mol. The van der Waals surface area contributed by atoms with Crippen LogP contribution in [0.1, 0.15) is 41.7 Å². The van der Waals surface area contributed by atoms with Crippen molar-refractivity contribution >= 4 is 5.91 Å². The molecule has 1 aromatic heterocycles. The molecule has 1 atom stereocenters. The summed E-state index contributed by atoms with van der Waals surface area (Å²) < 4.78 is 5.77. The fourth-order valence-corrected chi connectivity index (χ4v) is 4.06. The number of hydrogen-bond acceptors (Lipinski definition) is 4. The Bertz CT molecular complexity index is 742. The molecule has 0 aliphatic carbocycles. The van der Waals surface area contributed by atoms with E-state index >= 15 is 0 Å². The number of benzene rings is 1. The lowest BCUT2D eigenvalue weighted by Crippen LogP contribution is -2.42. The minimum Gasteiger partial charge on any atom is -0.487 e. The van der Waals surface area contributed by atoms with Gasteiger partial charge in [0, 0.05) is 30.9 Å². The minimum absolute atomic E-state index is 0.146. The Kier molecular flexibility index (Phi) is 5.68. The van der Waals surface area contributed by atoms with Crippen molar-refractivity contribution in [3.8, 4) is 5.75 Å². The molecule has 4 rings (SSSR count). The number of rotatable bonds is 6. The first-order chi connectivity index (χ1) is 13.3. The van der Waals surface area contributed by atoms with E-state index in [0.29, 0.717) is 12.6 Å². The lowest BCUT2D eigenvalue weighted by molar-refractivity contribution is 0.0708. The fourth-order valence-electron chi connectivity index (χ4n) is 4.06. The van der Waals surface area contributed by atoms with E-state index in [-0.39, 0.29) is 5.91 Å². The van der Waals surface area contributed by atoms with Crippen LogP contribution in [0.15, 0.2) is 48.7 Å². The molecule has 3 heterocycles. The molecule has 0 saturated carbocycles. The zero-order valence-electron chi connectivity index (χ0n) is 15.7. The van der Waals surface area contributed by atoms with E-state index in [2.05, 4.69) is 14.8 Å². The second-order valence-corrected chi connectivity index (χ2v) is 7.44. The molecule has 0 N–H and O–H groups in total. The third-order valence-corrected chi connectivity index (χ3v) is 5.52. The van der Waals surface area contributed by atoms with Crippen LogP contribution in [0.2, 0.25) is 0 Å². The molecule has 5 nitrogen and oxygen atoms in total. The van der Waals surface area contributed by atoms with Crippen LogP contribution in [0.4, 0.5) is 0 Å². The predicted octanol–water partition coefficient (Wildman–Crippen LogP) is 3.36. The Morgan fingerprint density at radius 1 is 1.04 bits per heavy atom. The smallest absolute Gasteiger partial charge is 0.254 e. The van der Waals surface area contributed by atoms with E-state index in [1.54, 1.807) is 6.20 Å². The van der Waals surface area contributed by atoms with Crippen LogP contribution in [0.25, 0.3) is 0 Å². The van der Waals surface area contributed by atoms with E-state index in [9.17, 15) is 4.79 Å². The third kappa shape index (κ3) is 4.48. The van der Waals surface area contributed by atoms with Crippen LogP contribution in [0, 0.1) is 0 Å². The van der Waals surface area contributed by atoms with Crippen molar-refractivity contribution in [2.24, 2.45) is 0 Å². The van der Waals surface area contributed by atoms with Gasteiger partial charge in [0.2, 0.25) is 0 Å². The van der Waals surface area contributed by atoms with Gasteiger partial charge in [-0.05, 0) is 75.2 Å². The maximum Gasteiger partial charge on any atom is 0.254 e. The first-order valence-electron chi connectivity index (χ1n) is 9.96. The highest BCUT2D eigenvalue weighted by Gasteiger charge is 2.31. The van der Waals surface area contributed by atoms with Crippen LogP contribution in [0.5, 0.6) is 5.75 Å². The first kappa shape index (κ1) is 18.0. The standard InChI is InChI=1S/C22H27N3O2/c26-22(25-15-5-7-20(25)16-24-13-3-4-14-24)18-8-10-21(11-9-18)27-17-19-6-1-2-12-23-19/h1-2,6,8-12,20H,3-5,7,13-17H2/t20-/m1/s1. The fraction of sp³-hybridized carbons (Fsp3) is 0.455. The molecule has 142 valence electrons. The van der Waals surface area contributed by atoms with Gasteiger partial charge in [-0.15, -0.1) is 0 Å². The second kappa shape index (κ2) is 8.53. The van der Waals surface area contributed by atoms with E-state index in [4.69, 9.17) is 4.74 Å². The molecule has 5 heteroatoms. The van der Waals surface area contributed by atoms with Crippen LogP contribution < -0.4 is 4.74 Å². The second-order valence-electron chi connectivity index (χ2n) is 7.44. The quantitative estimate of drug-likeness (QED) is 0.787. The monoisotopic (exact) mass is 365 g/mol. The third-order valence-electron chi connectivity index (χ3n) is 5.52. The highest BCUT2D eigenvalue weighted by atomic mass is 16.5. The molecule has 27 heavy (non-hydrogen) atoms. The molecule has 2 aromatic rings. The highest BCUT2D eigenvalue weighted by Crippen LogP contribution is 2.23. The number of ether oxygens (including phenoxy) is 1. The summed E-state index contributed by atoms with van der Waals surface area (Å²) in [5, 5.41) is 0. The summed E-state index contributed by atoms with van der Waals surface area (Å²) in [6.45, 7) is 4.69. The molecule has 2 fully saturated rings. The number of pyridine rings is 1. The van der Waals surface area contributed by atoms with Crippen molar-refractivity contribution in [3.05, 3.63) is 59.9 Å². The van der Waals surface area contributed by atoms with Gasteiger partial charge in [0.1, 0.15) is 12.4 Å². The Labute approximate surface area is 161 Å². The molecule has 0 spiro atoms. The molecule has 0 unspecified atom stereocenters. The molecule has 2 aliphatic rings. The zero-order valence-corrected chi connectivity index (χ0v) is 15.7. The van der Waals surface area contributed by atoms with Gasteiger partial charge in [-0.1, -0.05) is 6.07 Å². The summed E-state index contributed by atoms with van der Waals surface area (Å²) in [7, 11) is 0. The molecular weight excluding hydrogens is 338 g/mol. The number of likely N-dealkylation sites (tertiary alicyclic amines) is 2. The largest absolute Gasteiger partial charge is 0.487 e. The van der Waals surface area contributed by atoms with Gasteiger partial charge in [0.05, 0.1) is 5.69 Å². The van der Waals surface area contributed by atoms with Crippen LogP contribution in [-0.2, 0) is 6.61 Å². The van der Waals surface area contributed by atoms with Crippen molar-refractivity contribution < 1.29 is 9.53 Å². The lowest BCUT2D eigenvalue weighted by atomic mass is 10.1. The van der Waals surface area contributed by atoms with Gasteiger partial charge < -0.3 is 14.5 Å². The van der Waals surface area contributed by atoms with Crippen molar-refractivity contribution in [1.82, 2.24) is 14.8 Å². The number of amides is 1. The topological polar surface area (TPSA) is 45.7 Å². The summed E-state index contributed by atoms with van der Waals surface area (Å²) >= 11 is 0. The normalized spacial score (nSPS) is 20.1. The van der Waals surface area contributed by atoms with Crippen LogP contribution in [-0.4, -0.2) is 52.9 Å². The summed E-state index contributed by atoms with van der Waals surface area (Å²) in [4.78, 5) is 21.8. The average Bonchev–Trinajstić information content (AvgIpc) is 3.40. The number of hydrogen-bond donors (Lipinski definition) is 0. The summed E-state index contributed by atoms with van der Waals surface area (Å²) in [6.07, 6.45) is 6.57. The average molecular weight is 365 g/mol. The number of carbonyl (C=O) groups excluding carboxylic acids is 1. The summed E-state index contributed by atoms with van der Waals surface area (Å²) in [5.74, 6) is 0.903. The summed E-state index contributed by atoms with van der Waals surface area (Å²) in [5.41, 5.74) is 1.63. The van der Waals surface area contributed by atoms with Crippen LogP contribution >= 0.6 is 0 Å². The van der Waals surface area contributed by atoms with E-state index in [1.807, 2.05) is 42.5 Å². The molecule has 1 aromatic carbocycles. The summed E-state index contributed by atoms with van der Waals surface area (Å²) in [6, 6.07) is 13.6. The van der Waals surface area contributed by atoms with Crippen molar-refractivity contribution in [1.29, 1.82) is 0 Å². The zero-order chi connectivity index (χ0) is 18.5.